The lowest BCUT2D eigenvalue weighted by atomic mass is 10.3. The number of pyridine rings is 1. The van der Waals surface area contributed by atoms with Gasteiger partial charge in [-0.05, 0) is 24.3 Å². The van der Waals surface area contributed by atoms with E-state index < -0.39 is 6.03 Å². The van der Waals surface area contributed by atoms with Crippen molar-refractivity contribution in [3.63, 3.8) is 0 Å². The Hall–Kier alpha value is -3.39. The second kappa shape index (κ2) is 8.74. The van der Waals surface area contributed by atoms with Gasteiger partial charge in [-0.2, -0.15) is 0 Å². The molecule has 0 saturated carbocycles. The van der Waals surface area contributed by atoms with Gasteiger partial charge >= 0.3 is 6.03 Å². The molecule has 2 aromatic heterocycles. The molecule has 1 saturated heterocycles. The van der Waals surface area contributed by atoms with E-state index in [1.165, 1.54) is 0 Å². The van der Waals surface area contributed by atoms with Crippen molar-refractivity contribution in [3.8, 4) is 0 Å². The van der Waals surface area contributed by atoms with Gasteiger partial charge < -0.3 is 20.4 Å². The highest BCUT2D eigenvalue weighted by atomic mass is 35.5. The van der Waals surface area contributed by atoms with Gasteiger partial charge in [-0.3, -0.25) is 0 Å². The first-order chi connectivity index (χ1) is 14.2. The SMILES string of the molecule is O=C(Nc1cnc(N2CCN(c3ccccn3)CC2)nc1)Nc1ccccc1Cl. The number of rotatable bonds is 4. The van der Waals surface area contributed by atoms with Crippen molar-refractivity contribution in [1.82, 2.24) is 15.0 Å². The third-order valence-corrected chi connectivity index (χ3v) is 4.88. The topological polar surface area (TPSA) is 86.3 Å². The van der Waals surface area contributed by atoms with Crippen LogP contribution in [0.15, 0.2) is 61.1 Å². The minimum Gasteiger partial charge on any atom is -0.353 e. The van der Waals surface area contributed by atoms with Crippen LogP contribution in [0.1, 0.15) is 0 Å². The number of benzene rings is 1. The second-order valence-electron chi connectivity index (χ2n) is 6.49. The van der Waals surface area contributed by atoms with Crippen molar-refractivity contribution in [2.45, 2.75) is 0 Å². The molecule has 1 aromatic carbocycles. The highest BCUT2D eigenvalue weighted by molar-refractivity contribution is 6.33. The molecule has 8 nitrogen and oxygen atoms in total. The molecule has 0 atom stereocenters. The molecule has 0 spiro atoms. The van der Waals surface area contributed by atoms with E-state index in [-0.39, 0.29) is 0 Å². The lowest BCUT2D eigenvalue weighted by molar-refractivity contribution is 0.262. The predicted octanol–water partition coefficient (Wildman–Crippen LogP) is 3.50. The number of piperazine rings is 1. The molecule has 2 N–H and O–H groups in total. The highest BCUT2D eigenvalue weighted by Gasteiger charge is 2.19. The summed E-state index contributed by atoms with van der Waals surface area (Å²) in [5, 5.41) is 5.88. The van der Waals surface area contributed by atoms with Crippen molar-refractivity contribution in [3.05, 3.63) is 66.1 Å². The van der Waals surface area contributed by atoms with Crippen LogP contribution >= 0.6 is 11.6 Å². The molecule has 1 aliphatic heterocycles. The fourth-order valence-electron chi connectivity index (χ4n) is 3.07. The van der Waals surface area contributed by atoms with Gasteiger partial charge in [-0.25, -0.2) is 19.7 Å². The van der Waals surface area contributed by atoms with E-state index in [2.05, 4.69) is 35.4 Å². The first-order valence-electron chi connectivity index (χ1n) is 9.24. The van der Waals surface area contributed by atoms with Crippen molar-refractivity contribution < 1.29 is 4.79 Å². The average Bonchev–Trinajstić information content (AvgIpc) is 2.77. The fourth-order valence-corrected chi connectivity index (χ4v) is 3.26. The van der Waals surface area contributed by atoms with Crippen LogP contribution in [0.5, 0.6) is 0 Å². The highest BCUT2D eigenvalue weighted by Crippen LogP contribution is 2.21. The Morgan fingerprint density at radius 3 is 2.24 bits per heavy atom. The van der Waals surface area contributed by atoms with Crippen LogP contribution in [0.3, 0.4) is 0 Å². The van der Waals surface area contributed by atoms with E-state index in [0.717, 1.165) is 32.0 Å². The molecule has 0 radical (unpaired) electrons. The van der Waals surface area contributed by atoms with Crippen LogP contribution < -0.4 is 20.4 Å². The first-order valence-corrected chi connectivity index (χ1v) is 9.62. The number of amides is 2. The summed E-state index contributed by atoms with van der Waals surface area (Å²) in [5.74, 6) is 1.62. The Morgan fingerprint density at radius 1 is 0.862 bits per heavy atom. The number of urea groups is 1. The van der Waals surface area contributed by atoms with E-state index in [9.17, 15) is 4.79 Å². The Labute approximate surface area is 173 Å². The summed E-state index contributed by atoms with van der Waals surface area (Å²) in [4.78, 5) is 29.7. The van der Waals surface area contributed by atoms with Gasteiger partial charge in [0.25, 0.3) is 0 Å². The van der Waals surface area contributed by atoms with Crippen LogP contribution in [0, 0.1) is 0 Å². The molecule has 2 amide bonds. The van der Waals surface area contributed by atoms with E-state index >= 15 is 0 Å². The van der Waals surface area contributed by atoms with Crippen LogP contribution in [-0.4, -0.2) is 47.2 Å². The number of nitrogens with one attached hydrogen (secondary N) is 2. The number of para-hydroxylation sites is 1. The third kappa shape index (κ3) is 4.72. The number of aromatic nitrogens is 3. The molecule has 3 heterocycles. The summed E-state index contributed by atoms with van der Waals surface area (Å²) < 4.78 is 0. The number of carbonyl (C=O) groups excluding carboxylic acids is 1. The van der Waals surface area contributed by atoms with E-state index in [4.69, 9.17) is 11.6 Å². The van der Waals surface area contributed by atoms with Gasteiger partial charge in [-0.15, -0.1) is 0 Å². The number of nitrogens with zero attached hydrogens (tertiary/aromatic N) is 5. The number of hydrogen-bond acceptors (Lipinski definition) is 6. The summed E-state index contributed by atoms with van der Waals surface area (Å²) in [7, 11) is 0. The van der Waals surface area contributed by atoms with E-state index in [1.807, 2.05) is 18.2 Å². The van der Waals surface area contributed by atoms with Gasteiger partial charge in [0.2, 0.25) is 5.95 Å². The van der Waals surface area contributed by atoms with Gasteiger partial charge in [0, 0.05) is 32.4 Å². The zero-order chi connectivity index (χ0) is 20.1. The molecule has 0 aliphatic carbocycles. The third-order valence-electron chi connectivity index (χ3n) is 4.55. The van der Waals surface area contributed by atoms with E-state index in [0.29, 0.717) is 22.3 Å². The summed E-state index contributed by atoms with van der Waals surface area (Å²) >= 11 is 6.05. The molecule has 148 valence electrons. The molecular formula is C20H20ClN7O. The van der Waals surface area contributed by atoms with Crippen molar-refractivity contribution in [1.29, 1.82) is 0 Å². The van der Waals surface area contributed by atoms with Crippen molar-refractivity contribution in [2.75, 3.05) is 46.6 Å². The molecule has 0 unspecified atom stereocenters. The Kier molecular flexibility index (Phi) is 5.71. The smallest absolute Gasteiger partial charge is 0.323 e. The normalized spacial score (nSPS) is 13.8. The average molecular weight is 410 g/mol. The zero-order valence-electron chi connectivity index (χ0n) is 15.6. The quantitative estimate of drug-likeness (QED) is 0.686. The van der Waals surface area contributed by atoms with Gasteiger partial charge in [-0.1, -0.05) is 29.8 Å². The lowest BCUT2D eigenvalue weighted by Gasteiger charge is -2.35. The maximum Gasteiger partial charge on any atom is 0.323 e. The molecule has 1 aliphatic rings. The Morgan fingerprint density at radius 2 is 1.55 bits per heavy atom. The standard InChI is InChI=1S/C20H20ClN7O/c21-16-5-1-2-6-17(16)26-20(29)25-15-13-23-19(24-14-15)28-11-9-27(10-12-28)18-7-3-4-8-22-18/h1-8,13-14H,9-12H2,(H2,25,26,29). The molecule has 1 fully saturated rings. The van der Waals surface area contributed by atoms with Gasteiger partial charge in [0.05, 0.1) is 28.8 Å². The van der Waals surface area contributed by atoms with Crippen molar-refractivity contribution in [2.24, 2.45) is 0 Å². The summed E-state index contributed by atoms with van der Waals surface area (Å²) in [5.41, 5.74) is 1.04. The number of halogens is 1. The number of hydrogen-bond donors (Lipinski definition) is 2. The first kappa shape index (κ1) is 18.9. The van der Waals surface area contributed by atoms with Gasteiger partial charge in [0.15, 0.2) is 0 Å². The molecule has 9 heteroatoms. The monoisotopic (exact) mass is 409 g/mol. The van der Waals surface area contributed by atoms with Crippen LogP contribution in [0.4, 0.5) is 27.9 Å². The fraction of sp³-hybridized carbons (Fsp3) is 0.200. The Bertz CT molecular complexity index is 960. The molecular weight excluding hydrogens is 390 g/mol. The maximum absolute atomic E-state index is 12.1. The van der Waals surface area contributed by atoms with Crippen LogP contribution in [-0.2, 0) is 0 Å². The molecule has 3 aromatic rings. The minimum atomic E-state index is -0.404. The second-order valence-corrected chi connectivity index (χ2v) is 6.90. The molecule has 0 bridgehead atoms. The lowest BCUT2D eigenvalue weighted by Crippen LogP contribution is -2.47. The number of carbonyl (C=O) groups is 1. The van der Waals surface area contributed by atoms with Gasteiger partial charge in [0.1, 0.15) is 5.82 Å². The predicted molar refractivity (Wildman–Crippen MR) is 115 cm³/mol. The molecule has 29 heavy (non-hydrogen) atoms. The largest absolute Gasteiger partial charge is 0.353 e. The minimum absolute atomic E-state index is 0.404. The summed E-state index contributed by atoms with van der Waals surface area (Å²) in [6.07, 6.45) is 5.00. The van der Waals surface area contributed by atoms with Crippen LogP contribution in [0.25, 0.3) is 0 Å². The summed E-state index contributed by atoms with van der Waals surface area (Å²) in [6, 6.07) is 12.6. The molecule has 4 rings (SSSR count). The maximum atomic E-state index is 12.1. The summed E-state index contributed by atoms with van der Waals surface area (Å²) in [6.45, 7) is 3.30. The van der Waals surface area contributed by atoms with Crippen molar-refractivity contribution >= 4 is 40.8 Å². The number of anilines is 4. The van der Waals surface area contributed by atoms with E-state index in [1.54, 1.807) is 42.9 Å². The zero-order valence-corrected chi connectivity index (χ0v) is 16.4. The van der Waals surface area contributed by atoms with Crippen LogP contribution in [0.2, 0.25) is 5.02 Å². The Balaban J connectivity index is 1.31.